The fourth-order valence-electron chi connectivity index (χ4n) is 2.55. The Morgan fingerprint density at radius 1 is 0.542 bits per heavy atom. The topological polar surface area (TPSA) is 0 Å². The predicted octanol–water partition coefficient (Wildman–Crippen LogP) is 8.49. The lowest BCUT2D eigenvalue weighted by atomic mass is 10.0. The van der Waals surface area contributed by atoms with Gasteiger partial charge >= 0.3 is 0 Å². The van der Waals surface area contributed by atoms with E-state index >= 15 is 0 Å². The summed E-state index contributed by atoms with van der Waals surface area (Å²) in [5.74, 6) is 0. The van der Waals surface area contributed by atoms with E-state index in [4.69, 9.17) is 0 Å². The quantitative estimate of drug-likeness (QED) is 0.315. The van der Waals surface area contributed by atoms with Crippen LogP contribution < -0.4 is 0 Å². The van der Waals surface area contributed by atoms with Gasteiger partial charge in [-0.3, -0.25) is 0 Å². The Morgan fingerprint density at radius 3 is 1.21 bits per heavy atom. The summed E-state index contributed by atoms with van der Waals surface area (Å²) in [5, 5.41) is 0. The molecule has 0 N–H and O–H groups in total. The van der Waals surface area contributed by atoms with Gasteiger partial charge in [-0.2, -0.15) is 0 Å². The van der Waals surface area contributed by atoms with E-state index < -0.39 is 0 Å². The Bertz CT molecular complexity index is 476. The first-order valence-electron chi connectivity index (χ1n) is 9.56. The Hall–Kier alpha value is -1.30. The van der Waals surface area contributed by atoms with Gasteiger partial charge in [0.1, 0.15) is 0 Å². The fourth-order valence-corrected chi connectivity index (χ4v) is 2.55. The zero-order chi connectivity index (χ0) is 18.4. The van der Waals surface area contributed by atoms with Crippen LogP contribution >= 0.6 is 0 Å². The van der Waals surface area contributed by atoms with Crippen LogP contribution in [0.25, 0.3) is 0 Å². The van der Waals surface area contributed by atoms with Crippen LogP contribution in [0.1, 0.15) is 92.9 Å². The number of hydrogen-bond acceptors (Lipinski definition) is 0. The summed E-state index contributed by atoms with van der Waals surface area (Å²) in [7, 11) is 0. The summed E-state index contributed by atoms with van der Waals surface area (Å²) in [4.78, 5) is 0. The predicted molar refractivity (Wildman–Crippen MR) is 112 cm³/mol. The normalized spacial score (nSPS) is 13.2. The van der Waals surface area contributed by atoms with Crippen LogP contribution in [-0.4, -0.2) is 0 Å². The van der Waals surface area contributed by atoms with E-state index in [0.29, 0.717) is 0 Å². The van der Waals surface area contributed by atoms with Crippen LogP contribution in [-0.2, 0) is 0 Å². The standard InChI is InChI=1S/C24H40/c1-20(2)12-8-14-22(5)16-10-18-24(7)19-11-17-23(6)15-9-13-21(3)4/h13-14,17-18H,1,8-12,15-16,19H2,2-7H3. The maximum atomic E-state index is 3.96. The van der Waals surface area contributed by atoms with Crippen LogP contribution in [0, 0.1) is 0 Å². The van der Waals surface area contributed by atoms with E-state index in [0.717, 1.165) is 12.8 Å². The fraction of sp³-hybridized carbons (Fsp3) is 0.583. The minimum atomic E-state index is 1.12. The lowest BCUT2D eigenvalue weighted by Gasteiger charge is -2.03. The highest BCUT2D eigenvalue weighted by molar-refractivity contribution is 5.07. The van der Waals surface area contributed by atoms with Crippen molar-refractivity contribution in [2.24, 2.45) is 0 Å². The van der Waals surface area contributed by atoms with Crippen LogP contribution in [0.3, 0.4) is 0 Å². The average Bonchev–Trinajstić information content (AvgIpc) is 2.46. The van der Waals surface area contributed by atoms with Gasteiger partial charge in [0.05, 0.1) is 0 Å². The van der Waals surface area contributed by atoms with Gasteiger partial charge in [-0.1, -0.05) is 52.2 Å². The third-order valence-corrected chi connectivity index (χ3v) is 4.22. The van der Waals surface area contributed by atoms with Crippen LogP contribution in [0.2, 0.25) is 0 Å². The molecule has 0 aliphatic rings. The van der Waals surface area contributed by atoms with Crippen molar-refractivity contribution in [2.45, 2.75) is 92.9 Å². The Morgan fingerprint density at radius 2 is 0.875 bits per heavy atom. The van der Waals surface area contributed by atoms with Crippen molar-refractivity contribution < 1.29 is 0 Å². The van der Waals surface area contributed by atoms with E-state index in [-0.39, 0.29) is 0 Å². The molecule has 0 saturated heterocycles. The molecule has 0 heterocycles. The summed E-state index contributed by atoms with van der Waals surface area (Å²) in [6.07, 6.45) is 18.9. The monoisotopic (exact) mass is 328 g/mol. The van der Waals surface area contributed by atoms with Crippen molar-refractivity contribution >= 4 is 0 Å². The van der Waals surface area contributed by atoms with Crippen LogP contribution in [0.15, 0.2) is 58.7 Å². The highest BCUT2D eigenvalue weighted by atomic mass is 14.0. The Balaban J connectivity index is 3.98. The first-order valence-corrected chi connectivity index (χ1v) is 9.56. The molecular weight excluding hydrogens is 288 g/mol. The summed E-state index contributed by atoms with van der Waals surface area (Å²) in [5.41, 5.74) is 7.26. The molecule has 0 amide bonds. The number of rotatable bonds is 12. The maximum absolute atomic E-state index is 3.96. The highest BCUT2D eigenvalue weighted by Crippen LogP contribution is 2.14. The number of hydrogen-bond donors (Lipinski definition) is 0. The lowest BCUT2D eigenvalue weighted by Crippen LogP contribution is -1.82. The molecule has 136 valence electrons. The molecule has 0 atom stereocenters. The van der Waals surface area contributed by atoms with Gasteiger partial charge < -0.3 is 0 Å². The molecule has 0 aromatic rings. The van der Waals surface area contributed by atoms with Crippen molar-refractivity contribution in [1.29, 1.82) is 0 Å². The summed E-state index contributed by atoms with van der Waals surface area (Å²) in [6.45, 7) is 17.2. The summed E-state index contributed by atoms with van der Waals surface area (Å²) in [6, 6.07) is 0. The van der Waals surface area contributed by atoms with E-state index in [1.165, 1.54) is 66.4 Å². The smallest absolute Gasteiger partial charge is 0.0288 e. The molecule has 24 heavy (non-hydrogen) atoms. The molecule has 0 aromatic carbocycles. The molecular formula is C24H40. The highest BCUT2D eigenvalue weighted by Gasteiger charge is 1.94. The van der Waals surface area contributed by atoms with E-state index in [1.807, 2.05) is 0 Å². The molecule has 0 fully saturated rings. The van der Waals surface area contributed by atoms with Gasteiger partial charge in [-0.05, 0) is 92.9 Å². The van der Waals surface area contributed by atoms with Crippen molar-refractivity contribution in [3.63, 3.8) is 0 Å². The molecule has 0 aromatic heterocycles. The average molecular weight is 329 g/mol. The maximum Gasteiger partial charge on any atom is -0.0288 e. The number of allylic oxidation sites excluding steroid dienone is 9. The van der Waals surface area contributed by atoms with Crippen molar-refractivity contribution in [3.05, 3.63) is 58.7 Å². The third kappa shape index (κ3) is 15.6. The summed E-state index contributed by atoms with van der Waals surface area (Å²) >= 11 is 0. The molecule has 0 nitrogen and oxygen atoms in total. The molecule has 0 unspecified atom stereocenters. The molecule has 0 aliphatic carbocycles. The second kappa shape index (κ2) is 14.1. The molecule has 0 spiro atoms. The molecule has 0 aliphatic heterocycles. The van der Waals surface area contributed by atoms with Gasteiger partial charge in [0.2, 0.25) is 0 Å². The van der Waals surface area contributed by atoms with Gasteiger partial charge in [0.25, 0.3) is 0 Å². The molecule has 0 radical (unpaired) electrons. The largest absolute Gasteiger partial charge is 0.100 e. The minimum absolute atomic E-state index is 1.12. The molecule has 0 bridgehead atoms. The second-order valence-corrected chi connectivity index (χ2v) is 7.54. The molecule has 0 heteroatoms. The van der Waals surface area contributed by atoms with Crippen molar-refractivity contribution in [3.8, 4) is 0 Å². The van der Waals surface area contributed by atoms with Gasteiger partial charge in [-0.15, -0.1) is 6.58 Å². The lowest BCUT2D eigenvalue weighted by molar-refractivity contribution is 0.892. The SMILES string of the molecule is C=C(C)CCC=C(C)CCC=C(C)CCC=C(C)CCC=C(C)C. The van der Waals surface area contributed by atoms with Gasteiger partial charge in [0.15, 0.2) is 0 Å². The minimum Gasteiger partial charge on any atom is -0.100 e. The van der Waals surface area contributed by atoms with E-state index in [1.54, 1.807) is 0 Å². The summed E-state index contributed by atoms with van der Waals surface area (Å²) < 4.78 is 0. The molecule has 0 rings (SSSR count). The van der Waals surface area contributed by atoms with E-state index in [2.05, 4.69) is 72.4 Å². The second-order valence-electron chi connectivity index (χ2n) is 7.54. The van der Waals surface area contributed by atoms with Gasteiger partial charge in [0, 0.05) is 0 Å². The zero-order valence-electron chi connectivity index (χ0n) is 17.2. The third-order valence-electron chi connectivity index (χ3n) is 4.22. The molecule has 0 saturated carbocycles. The Kier molecular flexibility index (Phi) is 13.3. The van der Waals surface area contributed by atoms with Crippen molar-refractivity contribution in [1.82, 2.24) is 0 Å². The van der Waals surface area contributed by atoms with E-state index in [9.17, 15) is 0 Å². The first-order chi connectivity index (χ1) is 11.3. The zero-order valence-corrected chi connectivity index (χ0v) is 17.2. The van der Waals surface area contributed by atoms with Gasteiger partial charge in [-0.25, -0.2) is 0 Å². The Labute approximate surface area is 152 Å². The van der Waals surface area contributed by atoms with Crippen molar-refractivity contribution in [2.75, 3.05) is 0 Å². The van der Waals surface area contributed by atoms with Crippen LogP contribution in [0.5, 0.6) is 0 Å². The first kappa shape index (κ1) is 22.7. The van der Waals surface area contributed by atoms with Crippen LogP contribution in [0.4, 0.5) is 0 Å².